The molecule has 1 aromatic heterocycles. The van der Waals surface area contributed by atoms with Crippen molar-refractivity contribution >= 4 is 45.9 Å². The molecule has 1 aromatic carbocycles. The first kappa shape index (κ1) is 15.1. The molecule has 0 bridgehead atoms. The highest BCUT2D eigenvalue weighted by Crippen LogP contribution is 2.28. The van der Waals surface area contributed by atoms with E-state index in [0.29, 0.717) is 5.76 Å². The number of benzene rings is 1. The summed E-state index contributed by atoms with van der Waals surface area (Å²) >= 11 is 2.10. The van der Waals surface area contributed by atoms with Gasteiger partial charge in [-0.2, -0.15) is 0 Å². The van der Waals surface area contributed by atoms with E-state index in [-0.39, 0.29) is 5.91 Å². The van der Waals surface area contributed by atoms with Gasteiger partial charge >= 0.3 is 0 Å². The molecular weight excluding hydrogens is 391 g/mol. The molecule has 114 valence electrons. The summed E-state index contributed by atoms with van der Waals surface area (Å²) in [7, 11) is 0. The van der Waals surface area contributed by atoms with Crippen molar-refractivity contribution in [1.29, 1.82) is 0 Å². The van der Waals surface area contributed by atoms with Crippen molar-refractivity contribution in [3.8, 4) is 0 Å². The largest absolute Gasteiger partial charge is 0.451 e. The fourth-order valence-electron chi connectivity index (χ4n) is 2.56. The maximum atomic E-state index is 12.1. The standard InChI is InChI=1S/C17H17IN2O2/c18-16-9-7-13(22-16)8-10-17(21)19-14-5-1-2-6-15(14)20-11-3-4-12-20/h1-2,5-10H,3-4,11-12H2,(H,19,21)/b10-8+. The summed E-state index contributed by atoms with van der Waals surface area (Å²) in [4.78, 5) is 14.4. The number of nitrogens with zero attached hydrogens (tertiary/aromatic N) is 1. The van der Waals surface area contributed by atoms with Gasteiger partial charge in [0.05, 0.1) is 11.4 Å². The topological polar surface area (TPSA) is 45.5 Å². The lowest BCUT2D eigenvalue weighted by molar-refractivity contribution is -0.111. The molecule has 1 N–H and O–H groups in total. The van der Waals surface area contributed by atoms with Gasteiger partial charge in [0.25, 0.3) is 0 Å². The summed E-state index contributed by atoms with van der Waals surface area (Å²) < 4.78 is 6.20. The van der Waals surface area contributed by atoms with Crippen molar-refractivity contribution in [2.24, 2.45) is 0 Å². The lowest BCUT2D eigenvalue weighted by Crippen LogP contribution is -2.20. The van der Waals surface area contributed by atoms with Crippen molar-refractivity contribution in [1.82, 2.24) is 0 Å². The van der Waals surface area contributed by atoms with E-state index in [1.54, 1.807) is 6.08 Å². The minimum Gasteiger partial charge on any atom is -0.451 e. The molecule has 2 heterocycles. The monoisotopic (exact) mass is 408 g/mol. The van der Waals surface area contributed by atoms with Crippen LogP contribution in [0.25, 0.3) is 6.08 Å². The van der Waals surface area contributed by atoms with Crippen LogP contribution in [0.1, 0.15) is 18.6 Å². The van der Waals surface area contributed by atoms with E-state index in [0.717, 1.165) is 28.2 Å². The molecule has 1 amide bonds. The minimum absolute atomic E-state index is 0.155. The smallest absolute Gasteiger partial charge is 0.248 e. The summed E-state index contributed by atoms with van der Waals surface area (Å²) in [5, 5.41) is 2.95. The summed E-state index contributed by atoms with van der Waals surface area (Å²) in [6.45, 7) is 2.10. The first-order valence-corrected chi connectivity index (χ1v) is 8.38. The molecule has 5 heteroatoms. The van der Waals surface area contributed by atoms with Crippen LogP contribution in [0.5, 0.6) is 0 Å². The summed E-state index contributed by atoms with van der Waals surface area (Å²) in [6.07, 6.45) is 5.59. The molecule has 0 aliphatic carbocycles. The van der Waals surface area contributed by atoms with Crippen LogP contribution in [-0.2, 0) is 4.79 Å². The van der Waals surface area contributed by atoms with Crippen LogP contribution in [0.3, 0.4) is 0 Å². The zero-order chi connectivity index (χ0) is 15.4. The zero-order valence-electron chi connectivity index (χ0n) is 12.1. The van der Waals surface area contributed by atoms with Crippen LogP contribution < -0.4 is 10.2 Å². The Morgan fingerprint density at radius 1 is 1.18 bits per heavy atom. The summed E-state index contributed by atoms with van der Waals surface area (Å²) in [6, 6.07) is 11.6. The molecule has 0 spiro atoms. The van der Waals surface area contributed by atoms with Gasteiger partial charge in [-0.25, -0.2) is 0 Å². The predicted molar refractivity (Wildman–Crippen MR) is 97.0 cm³/mol. The Kier molecular flexibility index (Phi) is 4.82. The number of amides is 1. The second-order valence-corrected chi connectivity index (χ2v) is 6.24. The zero-order valence-corrected chi connectivity index (χ0v) is 14.2. The Morgan fingerprint density at radius 3 is 2.68 bits per heavy atom. The van der Waals surface area contributed by atoms with Gasteiger partial charge in [-0.3, -0.25) is 4.79 Å². The lowest BCUT2D eigenvalue weighted by Gasteiger charge is -2.21. The quantitative estimate of drug-likeness (QED) is 0.611. The number of hydrogen-bond donors (Lipinski definition) is 1. The van der Waals surface area contributed by atoms with Crippen molar-refractivity contribution < 1.29 is 9.21 Å². The number of furan rings is 1. The highest BCUT2D eigenvalue weighted by Gasteiger charge is 2.15. The number of hydrogen-bond acceptors (Lipinski definition) is 3. The van der Waals surface area contributed by atoms with Crippen LogP contribution in [-0.4, -0.2) is 19.0 Å². The Labute approximate surface area is 143 Å². The van der Waals surface area contributed by atoms with E-state index in [1.807, 2.05) is 30.3 Å². The first-order valence-electron chi connectivity index (χ1n) is 7.31. The number of para-hydroxylation sites is 2. The van der Waals surface area contributed by atoms with Gasteiger partial charge in [0, 0.05) is 19.2 Å². The Bertz CT molecular complexity index is 687. The van der Waals surface area contributed by atoms with Gasteiger partial charge in [-0.05, 0) is 65.8 Å². The van der Waals surface area contributed by atoms with Gasteiger partial charge in [0.15, 0.2) is 3.77 Å². The maximum absolute atomic E-state index is 12.1. The molecule has 0 unspecified atom stereocenters. The van der Waals surface area contributed by atoms with E-state index in [2.05, 4.69) is 38.9 Å². The fraction of sp³-hybridized carbons (Fsp3) is 0.235. The van der Waals surface area contributed by atoms with E-state index >= 15 is 0 Å². The number of carbonyl (C=O) groups excluding carboxylic acids is 1. The highest BCUT2D eigenvalue weighted by molar-refractivity contribution is 14.1. The average Bonchev–Trinajstić information content (AvgIpc) is 3.17. The molecule has 1 aliphatic heterocycles. The van der Waals surface area contributed by atoms with E-state index in [9.17, 15) is 4.79 Å². The third-order valence-corrected chi connectivity index (χ3v) is 4.18. The number of anilines is 2. The number of nitrogens with one attached hydrogen (secondary N) is 1. The highest BCUT2D eigenvalue weighted by atomic mass is 127. The average molecular weight is 408 g/mol. The first-order chi connectivity index (χ1) is 10.7. The van der Waals surface area contributed by atoms with Crippen LogP contribution in [0, 0.1) is 3.77 Å². The van der Waals surface area contributed by atoms with Crippen LogP contribution in [0.15, 0.2) is 46.9 Å². The Hall–Kier alpha value is -1.76. The molecule has 0 radical (unpaired) electrons. The Balaban J connectivity index is 1.70. The minimum atomic E-state index is -0.155. The van der Waals surface area contributed by atoms with Gasteiger partial charge < -0.3 is 14.6 Å². The van der Waals surface area contributed by atoms with Gasteiger partial charge in [-0.15, -0.1) is 0 Å². The summed E-state index contributed by atoms with van der Waals surface area (Å²) in [5.41, 5.74) is 1.95. The van der Waals surface area contributed by atoms with Crippen LogP contribution in [0.2, 0.25) is 0 Å². The third-order valence-electron chi connectivity index (χ3n) is 3.60. The second-order valence-electron chi connectivity index (χ2n) is 5.18. The molecule has 22 heavy (non-hydrogen) atoms. The summed E-state index contributed by atoms with van der Waals surface area (Å²) in [5.74, 6) is 0.519. The van der Waals surface area contributed by atoms with Crippen LogP contribution >= 0.6 is 22.6 Å². The van der Waals surface area contributed by atoms with E-state index in [4.69, 9.17) is 4.42 Å². The van der Waals surface area contributed by atoms with Crippen molar-refractivity contribution in [3.05, 3.63) is 52.0 Å². The van der Waals surface area contributed by atoms with Crippen molar-refractivity contribution in [2.75, 3.05) is 23.3 Å². The lowest BCUT2D eigenvalue weighted by atomic mass is 10.2. The fourth-order valence-corrected chi connectivity index (χ4v) is 3.00. The second kappa shape index (κ2) is 7.00. The number of carbonyl (C=O) groups is 1. The molecule has 0 atom stereocenters. The van der Waals surface area contributed by atoms with E-state index in [1.165, 1.54) is 18.9 Å². The molecule has 1 fully saturated rings. The number of halogens is 1. The molecule has 0 saturated carbocycles. The van der Waals surface area contributed by atoms with Gasteiger partial charge in [0.1, 0.15) is 5.76 Å². The normalized spacial score (nSPS) is 14.7. The van der Waals surface area contributed by atoms with Crippen molar-refractivity contribution in [2.45, 2.75) is 12.8 Å². The predicted octanol–water partition coefficient (Wildman–Crippen LogP) is 4.14. The molecular formula is C17H17IN2O2. The molecule has 1 saturated heterocycles. The maximum Gasteiger partial charge on any atom is 0.248 e. The molecule has 1 aliphatic rings. The SMILES string of the molecule is O=C(/C=C/c1ccc(I)o1)Nc1ccccc1N1CCCC1. The third kappa shape index (κ3) is 3.71. The Morgan fingerprint density at radius 2 is 1.95 bits per heavy atom. The van der Waals surface area contributed by atoms with E-state index < -0.39 is 0 Å². The molecule has 4 nitrogen and oxygen atoms in total. The molecule has 2 aromatic rings. The number of rotatable bonds is 4. The van der Waals surface area contributed by atoms with Gasteiger partial charge in [-0.1, -0.05) is 12.1 Å². The van der Waals surface area contributed by atoms with Gasteiger partial charge in [0.2, 0.25) is 5.91 Å². The van der Waals surface area contributed by atoms with Crippen LogP contribution in [0.4, 0.5) is 11.4 Å². The molecule has 3 rings (SSSR count). The van der Waals surface area contributed by atoms with Crippen molar-refractivity contribution in [3.63, 3.8) is 0 Å².